The molecule has 0 N–H and O–H groups in total. The molecule has 0 amide bonds. The first-order valence-electron chi connectivity index (χ1n) is 8.21. The molecule has 0 radical (unpaired) electrons. The topological polar surface area (TPSA) is 54.0 Å². The first-order chi connectivity index (χ1) is 11.4. The molecule has 24 heavy (non-hydrogen) atoms. The van der Waals surface area contributed by atoms with Gasteiger partial charge in [0.05, 0.1) is 0 Å². The Balaban J connectivity index is 2.59. The van der Waals surface area contributed by atoms with Crippen molar-refractivity contribution in [2.75, 3.05) is 19.8 Å². The van der Waals surface area contributed by atoms with Gasteiger partial charge in [-0.05, 0) is 52.3 Å². The number of hydrogen-bond acceptors (Lipinski definition) is 5. The molecule has 1 aromatic rings. The third-order valence-electron chi connectivity index (χ3n) is 2.82. The minimum Gasteiger partial charge on any atom is -0.430 e. The Labute approximate surface area is 144 Å². The van der Waals surface area contributed by atoms with Gasteiger partial charge in [-0.2, -0.15) is 0 Å². The second kappa shape index (κ2) is 10.1. The predicted octanol–water partition coefficient (Wildman–Crippen LogP) is 4.72. The summed E-state index contributed by atoms with van der Waals surface area (Å²) in [5, 5.41) is 0. The summed E-state index contributed by atoms with van der Waals surface area (Å²) in [7, 11) is 0. The highest BCUT2D eigenvalue weighted by Gasteiger charge is 2.16. The molecule has 5 heteroatoms. The zero-order valence-electron chi connectivity index (χ0n) is 15.2. The zero-order chi connectivity index (χ0) is 18.0. The lowest BCUT2D eigenvalue weighted by atomic mass is 10.1. The van der Waals surface area contributed by atoms with Crippen molar-refractivity contribution in [2.24, 2.45) is 0 Å². The third kappa shape index (κ3) is 8.13. The summed E-state index contributed by atoms with van der Waals surface area (Å²) >= 11 is 0. The van der Waals surface area contributed by atoms with Crippen molar-refractivity contribution in [3.8, 4) is 0 Å². The van der Waals surface area contributed by atoms with Crippen LogP contribution in [0.15, 0.2) is 30.3 Å². The van der Waals surface area contributed by atoms with Gasteiger partial charge in [0.1, 0.15) is 12.2 Å². The molecule has 0 heterocycles. The van der Waals surface area contributed by atoms with E-state index in [9.17, 15) is 4.79 Å². The Morgan fingerprint density at radius 1 is 1.17 bits per heavy atom. The average Bonchev–Trinajstić information content (AvgIpc) is 2.50. The summed E-state index contributed by atoms with van der Waals surface area (Å²) < 4.78 is 21.3. The van der Waals surface area contributed by atoms with Crippen LogP contribution in [0, 0.1) is 0 Å². The maximum absolute atomic E-state index is 11.4. The molecule has 0 unspecified atom stereocenters. The Morgan fingerprint density at radius 2 is 1.83 bits per heavy atom. The first-order valence-corrected chi connectivity index (χ1v) is 8.21. The SMILES string of the molecule is CCOC(OCC)c1cccc(/C=C/COC(=O)OC(C)(C)C)c1. The van der Waals surface area contributed by atoms with Crippen molar-refractivity contribution in [1.82, 2.24) is 0 Å². The average molecular weight is 336 g/mol. The molecule has 134 valence electrons. The van der Waals surface area contributed by atoms with E-state index in [2.05, 4.69) is 0 Å². The summed E-state index contributed by atoms with van der Waals surface area (Å²) in [6.07, 6.45) is 2.60. The molecule has 1 aromatic carbocycles. The van der Waals surface area contributed by atoms with Crippen molar-refractivity contribution in [3.05, 3.63) is 41.5 Å². The van der Waals surface area contributed by atoms with E-state index in [1.165, 1.54) is 0 Å². The highest BCUT2D eigenvalue weighted by Crippen LogP contribution is 2.20. The fourth-order valence-electron chi connectivity index (χ4n) is 1.93. The van der Waals surface area contributed by atoms with Gasteiger partial charge in [0.2, 0.25) is 0 Å². The number of hydrogen-bond donors (Lipinski definition) is 0. The number of ether oxygens (including phenoxy) is 4. The molecular formula is C19H28O5. The molecule has 0 saturated heterocycles. The van der Waals surface area contributed by atoms with Gasteiger partial charge in [-0.3, -0.25) is 0 Å². The van der Waals surface area contributed by atoms with Crippen molar-refractivity contribution in [2.45, 2.75) is 46.5 Å². The van der Waals surface area contributed by atoms with Crippen molar-refractivity contribution in [3.63, 3.8) is 0 Å². The molecule has 1 rings (SSSR count). The van der Waals surface area contributed by atoms with Crippen LogP contribution >= 0.6 is 0 Å². The Morgan fingerprint density at radius 3 is 2.42 bits per heavy atom. The van der Waals surface area contributed by atoms with E-state index in [1.54, 1.807) is 26.8 Å². The van der Waals surface area contributed by atoms with Gasteiger partial charge in [-0.25, -0.2) is 4.79 Å². The Hall–Kier alpha value is -1.85. The molecule has 0 bridgehead atoms. The number of rotatable bonds is 8. The van der Waals surface area contributed by atoms with Crippen LogP contribution < -0.4 is 0 Å². The van der Waals surface area contributed by atoms with Crippen LogP contribution in [0.4, 0.5) is 4.79 Å². The van der Waals surface area contributed by atoms with Crippen LogP contribution in [0.2, 0.25) is 0 Å². The first kappa shape index (κ1) is 20.2. The van der Waals surface area contributed by atoms with E-state index < -0.39 is 11.8 Å². The van der Waals surface area contributed by atoms with E-state index in [1.807, 2.05) is 44.2 Å². The van der Waals surface area contributed by atoms with Crippen molar-refractivity contribution >= 4 is 12.2 Å². The Kier molecular flexibility index (Phi) is 8.50. The molecule has 0 spiro atoms. The van der Waals surface area contributed by atoms with Gasteiger partial charge in [-0.1, -0.05) is 24.3 Å². The lowest BCUT2D eigenvalue weighted by molar-refractivity contribution is -0.140. The van der Waals surface area contributed by atoms with Crippen LogP contribution in [0.25, 0.3) is 6.08 Å². The summed E-state index contributed by atoms with van der Waals surface area (Å²) in [6.45, 7) is 10.6. The second-order valence-corrected chi connectivity index (χ2v) is 6.09. The van der Waals surface area contributed by atoms with Crippen LogP contribution in [0.5, 0.6) is 0 Å². The minimum absolute atomic E-state index is 0.152. The quantitative estimate of drug-likeness (QED) is 0.508. The molecule has 0 aromatic heterocycles. The van der Waals surface area contributed by atoms with E-state index in [0.717, 1.165) is 11.1 Å². The largest absolute Gasteiger partial charge is 0.509 e. The second-order valence-electron chi connectivity index (χ2n) is 6.09. The van der Waals surface area contributed by atoms with Crippen LogP contribution in [0.3, 0.4) is 0 Å². The lowest BCUT2D eigenvalue weighted by Gasteiger charge is -2.18. The van der Waals surface area contributed by atoms with Gasteiger partial charge in [0.25, 0.3) is 0 Å². The lowest BCUT2D eigenvalue weighted by Crippen LogP contribution is -2.24. The van der Waals surface area contributed by atoms with E-state index >= 15 is 0 Å². The molecular weight excluding hydrogens is 308 g/mol. The van der Waals surface area contributed by atoms with Crippen LogP contribution in [-0.2, 0) is 18.9 Å². The molecule has 0 aliphatic heterocycles. The van der Waals surface area contributed by atoms with E-state index in [-0.39, 0.29) is 12.9 Å². The van der Waals surface area contributed by atoms with E-state index in [4.69, 9.17) is 18.9 Å². The fraction of sp³-hybridized carbons (Fsp3) is 0.526. The molecule has 0 fully saturated rings. The van der Waals surface area contributed by atoms with Crippen molar-refractivity contribution < 1.29 is 23.7 Å². The van der Waals surface area contributed by atoms with Gasteiger partial charge in [0, 0.05) is 18.8 Å². The summed E-state index contributed by atoms with van der Waals surface area (Å²) in [4.78, 5) is 11.4. The molecule has 0 aliphatic carbocycles. The maximum Gasteiger partial charge on any atom is 0.509 e. The van der Waals surface area contributed by atoms with Crippen LogP contribution in [-0.4, -0.2) is 31.6 Å². The highest BCUT2D eigenvalue weighted by atomic mass is 16.7. The molecule has 0 atom stereocenters. The molecule has 0 aliphatic rings. The standard InChI is InChI=1S/C19H28O5/c1-6-21-17(22-7-2)16-12-8-10-15(14-16)11-9-13-23-18(20)24-19(3,4)5/h8-12,14,17H,6-7,13H2,1-5H3/b11-9+. The van der Waals surface area contributed by atoms with Crippen molar-refractivity contribution in [1.29, 1.82) is 0 Å². The number of carbonyl (C=O) groups is 1. The molecule has 0 saturated carbocycles. The predicted molar refractivity (Wildman–Crippen MR) is 93.7 cm³/mol. The summed E-state index contributed by atoms with van der Waals surface area (Å²) in [5.41, 5.74) is 1.38. The minimum atomic E-state index is -0.673. The maximum atomic E-state index is 11.4. The molecule has 5 nitrogen and oxygen atoms in total. The number of benzene rings is 1. The van der Waals surface area contributed by atoms with Crippen LogP contribution in [0.1, 0.15) is 52.0 Å². The zero-order valence-corrected chi connectivity index (χ0v) is 15.2. The van der Waals surface area contributed by atoms with Gasteiger partial charge >= 0.3 is 6.16 Å². The smallest absolute Gasteiger partial charge is 0.430 e. The third-order valence-corrected chi connectivity index (χ3v) is 2.82. The Bertz CT molecular complexity index is 525. The fourth-order valence-corrected chi connectivity index (χ4v) is 1.93. The summed E-state index contributed by atoms with van der Waals surface area (Å²) in [6, 6.07) is 7.85. The van der Waals surface area contributed by atoms with Gasteiger partial charge < -0.3 is 18.9 Å². The monoisotopic (exact) mass is 336 g/mol. The van der Waals surface area contributed by atoms with Gasteiger partial charge in [-0.15, -0.1) is 0 Å². The summed E-state index contributed by atoms with van der Waals surface area (Å²) in [5.74, 6) is 0. The van der Waals surface area contributed by atoms with E-state index in [0.29, 0.717) is 13.2 Å². The number of carbonyl (C=O) groups excluding carboxylic acids is 1. The normalized spacial score (nSPS) is 11.9. The van der Waals surface area contributed by atoms with Gasteiger partial charge in [0.15, 0.2) is 6.29 Å². The highest BCUT2D eigenvalue weighted by molar-refractivity contribution is 5.61.